The molecule has 0 unspecified atom stereocenters. The number of rotatable bonds is 9. The van der Waals surface area contributed by atoms with Gasteiger partial charge in [-0.15, -0.1) is 0 Å². The molecule has 102 valence electrons. The molecule has 0 aromatic rings. The second-order valence-corrected chi connectivity index (χ2v) is 5.59. The predicted molar refractivity (Wildman–Crippen MR) is 153 cm³/mol. The van der Waals surface area contributed by atoms with Crippen LogP contribution in [0.25, 0.3) is 0 Å². The largest absolute Gasteiger partial charge is 0.382 e. The maximum atomic E-state index is 5.55. The number of ether oxygens (including phenoxy) is 1. The summed E-state index contributed by atoms with van der Waals surface area (Å²) < 4.78 is 4.83. The molecule has 23 heteroatoms. The van der Waals surface area contributed by atoms with Gasteiger partial charge in [-0.2, -0.15) is 0 Å². The van der Waals surface area contributed by atoms with E-state index in [1.54, 1.807) is 0 Å². The Morgan fingerprint density at radius 2 is 1.00 bits per heavy atom. The van der Waals surface area contributed by atoms with E-state index in [9.17, 15) is 0 Å². The van der Waals surface area contributed by atoms with Gasteiger partial charge in [0.15, 0.2) is 0 Å². The van der Waals surface area contributed by atoms with Crippen molar-refractivity contribution in [3.8, 4) is 0 Å². The second kappa shape index (κ2) is 22.1. The monoisotopic (exact) mass is 320 g/mol. The standard InChI is InChI=1S/C4H10O.B11.B10.B.2H2/c1-3-5-4-2;1-7-11(9(4)5)10(6)8(2)3;1-7(2)10(8(3)4)9(5)6;;;/h3-4H2,1-2H3;;;;2*1H. The molecule has 0 heterocycles. The van der Waals surface area contributed by atoms with Crippen molar-refractivity contribution in [2.24, 2.45) is 0 Å². The quantitative estimate of drug-likeness (QED) is 0.384. The average Bonchev–Trinajstić information content (AvgIpc) is 2.48. The predicted octanol–water partition coefficient (Wildman–Crippen LogP) is -6.84. The molecule has 1 nitrogen and oxygen atoms in total. The minimum atomic E-state index is -0.667. The molecule has 0 amide bonds. The molecule has 0 N–H and O–H groups in total. The van der Waals surface area contributed by atoms with Crippen molar-refractivity contribution in [2.75, 3.05) is 13.2 Å². The molecule has 28 radical (unpaired) electrons. The average molecular weight is 316 g/mol. The van der Waals surface area contributed by atoms with Crippen LogP contribution in [0.15, 0.2) is 0 Å². The van der Waals surface area contributed by atoms with Gasteiger partial charge in [-0.3, -0.25) is 0 Å². The van der Waals surface area contributed by atoms with E-state index in [-0.39, 0.29) is 17.7 Å². The van der Waals surface area contributed by atoms with Crippen molar-refractivity contribution in [3.63, 3.8) is 0 Å². The Hall–Kier alpha value is 1.39. The minimum Gasteiger partial charge on any atom is -0.382 e. The van der Waals surface area contributed by atoms with E-state index < -0.39 is 44.7 Å². The van der Waals surface area contributed by atoms with E-state index in [1.807, 2.05) is 13.8 Å². The third-order valence-corrected chi connectivity index (χ3v) is 3.30. The van der Waals surface area contributed by atoms with Crippen LogP contribution >= 0.6 is 0 Å². The second-order valence-electron chi connectivity index (χ2n) is 5.59. The lowest BCUT2D eigenvalue weighted by Gasteiger charge is -2.24. The van der Waals surface area contributed by atoms with Crippen molar-refractivity contribution in [3.05, 3.63) is 0 Å². The van der Waals surface area contributed by atoms with Gasteiger partial charge >= 0.3 is 0 Å². The first kappa shape index (κ1) is 35.8. The molecular weight excluding hydrogens is 302 g/mol. The summed E-state index contributed by atoms with van der Waals surface area (Å²) in [5.74, 6) is 0. The van der Waals surface area contributed by atoms with E-state index in [0.29, 0.717) is 0 Å². The highest BCUT2D eigenvalue weighted by molar-refractivity contribution is 8.01. The van der Waals surface area contributed by atoms with E-state index in [0.717, 1.165) is 13.2 Å². The van der Waals surface area contributed by atoms with Crippen molar-refractivity contribution >= 4 is 159 Å². The lowest BCUT2D eigenvalue weighted by atomic mass is 8.57. The molecule has 0 aliphatic carbocycles. The van der Waals surface area contributed by atoms with Gasteiger partial charge in [0.05, 0.1) is 0 Å². The summed E-state index contributed by atoms with van der Waals surface area (Å²) >= 11 is 0. The fourth-order valence-electron chi connectivity index (χ4n) is 1.74. The van der Waals surface area contributed by atoms with Crippen LogP contribution in [0, 0.1) is 0 Å². The van der Waals surface area contributed by atoms with Gasteiger partial charge in [0.25, 0.3) is 0 Å². The fraction of sp³-hybridized carbons (Fsp3) is 1.00. The van der Waals surface area contributed by atoms with Crippen LogP contribution in [0.1, 0.15) is 16.7 Å². The molecule has 0 aliphatic rings. The highest BCUT2D eigenvalue weighted by Crippen LogP contribution is 1.87. The van der Waals surface area contributed by atoms with Crippen LogP contribution in [-0.4, -0.2) is 173 Å². The van der Waals surface area contributed by atoms with Gasteiger partial charge in [-0.25, -0.2) is 0 Å². The summed E-state index contributed by atoms with van der Waals surface area (Å²) in [6.07, 6.45) is -4.58. The summed E-state index contributed by atoms with van der Waals surface area (Å²) in [5, 5.41) is 0. The first-order chi connectivity index (χ1) is 11.9. The summed E-state index contributed by atoms with van der Waals surface area (Å²) in [6, 6.07) is 0. The molecule has 0 spiro atoms. The molecule has 0 bridgehead atoms. The molecule has 0 atom stereocenters. The third kappa shape index (κ3) is 20.4. The van der Waals surface area contributed by atoms with Crippen LogP contribution in [0.4, 0.5) is 0 Å². The SMILES string of the molecule is CCOCC.[B].[B]B([B])B(B([B])[B])B([B])[B].[B][B]B(B([B])[B])B([B])B([B])[B].[HH].[HH]. The Bertz CT molecular complexity index is 271. The normalized spacial score (nSPS) is 8.07. The molecule has 0 aromatic heterocycles. The maximum absolute atomic E-state index is 5.55. The summed E-state index contributed by atoms with van der Waals surface area (Å²) in [5.41, 5.74) is 0. The van der Waals surface area contributed by atoms with Gasteiger partial charge in [0.2, 0.25) is 0 Å². The first-order valence-electron chi connectivity index (χ1n) is 8.32. The molecule has 0 saturated carbocycles. The van der Waals surface area contributed by atoms with Gasteiger partial charge < -0.3 is 4.74 Å². The zero-order valence-electron chi connectivity index (χ0n) is 16.5. The Labute approximate surface area is 193 Å². The third-order valence-electron chi connectivity index (χ3n) is 3.30. The maximum Gasteiger partial charge on any atom is 0.0437 e. The molecule has 0 rings (SSSR count). The lowest BCUT2D eigenvalue weighted by molar-refractivity contribution is 0.162. The summed E-state index contributed by atoms with van der Waals surface area (Å²) in [6.45, 7) is 5.67. The summed E-state index contributed by atoms with van der Waals surface area (Å²) in [7, 11) is 65.2. The minimum absolute atomic E-state index is 0. The van der Waals surface area contributed by atoms with Gasteiger partial charge in [0.1, 0.15) is 0 Å². The molecule has 0 aliphatic heterocycles. The Kier molecular flexibility index (Phi) is 29.3. The summed E-state index contributed by atoms with van der Waals surface area (Å²) in [4.78, 5) is 0. The van der Waals surface area contributed by atoms with Crippen LogP contribution in [0.3, 0.4) is 0 Å². The van der Waals surface area contributed by atoms with E-state index >= 15 is 0 Å². The molecule has 27 heavy (non-hydrogen) atoms. The zero-order valence-corrected chi connectivity index (χ0v) is 16.5. The fourth-order valence-corrected chi connectivity index (χ4v) is 1.74. The lowest BCUT2D eigenvalue weighted by Crippen LogP contribution is -2.62. The smallest absolute Gasteiger partial charge is 0.0437 e. The van der Waals surface area contributed by atoms with Crippen molar-refractivity contribution < 1.29 is 7.59 Å². The Morgan fingerprint density at radius 1 is 0.667 bits per heavy atom. The van der Waals surface area contributed by atoms with Gasteiger partial charge in [-0.05, 0) is 13.8 Å². The van der Waals surface area contributed by atoms with Crippen LogP contribution in [0.2, 0.25) is 0 Å². The first-order valence-corrected chi connectivity index (χ1v) is 8.32. The van der Waals surface area contributed by atoms with Crippen LogP contribution < -0.4 is 0 Å². The number of hydrogen-bond donors (Lipinski definition) is 0. The van der Waals surface area contributed by atoms with Gasteiger partial charge in [0, 0.05) is 175 Å². The Balaban J connectivity index is -0.0000000688. The van der Waals surface area contributed by atoms with Crippen molar-refractivity contribution in [1.29, 1.82) is 0 Å². The topological polar surface area (TPSA) is 9.23 Å². The van der Waals surface area contributed by atoms with Crippen LogP contribution in [-0.2, 0) is 4.74 Å². The molecule has 0 aromatic carbocycles. The number of hydrogen-bond acceptors (Lipinski definition) is 1. The molecule has 0 saturated heterocycles. The van der Waals surface area contributed by atoms with Gasteiger partial charge in [-0.1, -0.05) is 0 Å². The highest BCUT2D eigenvalue weighted by Gasteiger charge is 2.25. The zero-order chi connectivity index (χ0) is 21.4. The van der Waals surface area contributed by atoms with E-state index in [4.69, 9.17) is 97.6 Å². The van der Waals surface area contributed by atoms with Crippen molar-refractivity contribution in [1.82, 2.24) is 0 Å². The van der Waals surface area contributed by atoms with E-state index in [1.165, 1.54) is 7.06 Å². The molecule has 0 fully saturated rings. The van der Waals surface area contributed by atoms with Crippen molar-refractivity contribution in [2.45, 2.75) is 13.8 Å². The highest BCUT2D eigenvalue weighted by atomic mass is 16.5. The Morgan fingerprint density at radius 3 is 1.04 bits per heavy atom. The van der Waals surface area contributed by atoms with E-state index in [2.05, 4.69) is 0 Å². The molecular formula is C4H14B22O. The van der Waals surface area contributed by atoms with Crippen LogP contribution in [0.5, 0.6) is 0 Å².